The Kier molecular flexibility index (Phi) is 6.05. The van der Waals surface area contributed by atoms with Gasteiger partial charge in [-0.2, -0.15) is 0 Å². The first-order valence-corrected chi connectivity index (χ1v) is 9.06. The fourth-order valence-corrected chi connectivity index (χ4v) is 3.09. The van der Waals surface area contributed by atoms with Gasteiger partial charge in [-0.3, -0.25) is 14.4 Å². The van der Waals surface area contributed by atoms with Crippen LogP contribution in [-0.2, 0) is 14.4 Å². The third kappa shape index (κ3) is 5.07. The Hall–Kier alpha value is -2.37. The molecule has 0 unspecified atom stereocenters. The number of rotatable bonds is 3. The maximum absolute atomic E-state index is 12.6. The Bertz CT molecular complexity index is 699. The Morgan fingerprint density at radius 3 is 2.23 bits per heavy atom. The Balaban J connectivity index is 1.97. The molecule has 26 heavy (non-hydrogen) atoms. The number of piperidine rings is 1. The van der Waals surface area contributed by atoms with Crippen molar-refractivity contribution >= 4 is 29.1 Å². The molecular weight excluding hydrogens is 330 g/mol. The molecule has 2 rings (SSSR count). The largest absolute Gasteiger partial charge is 0.342 e. The molecule has 6 heteroatoms. The zero-order valence-electron chi connectivity index (χ0n) is 16.3. The number of aryl methyl sites for hydroxylation is 1. The summed E-state index contributed by atoms with van der Waals surface area (Å²) in [5, 5.41) is 5.70. The van der Waals surface area contributed by atoms with Crippen molar-refractivity contribution in [2.75, 3.05) is 23.7 Å². The molecule has 3 amide bonds. The number of nitrogens with zero attached hydrogens (tertiary/aromatic N) is 1. The van der Waals surface area contributed by atoms with Crippen molar-refractivity contribution in [3.63, 3.8) is 0 Å². The lowest BCUT2D eigenvalue weighted by atomic mass is 9.90. The van der Waals surface area contributed by atoms with Gasteiger partial charge in [0.05, 0.1) is 0 Å². The van der Waals surface area contributed by atoms with E-state index in [1.54, 1.807) is 6.07 Å². The van der Waals surface area contributed by atoms with Crippen molar-refractivity contribution in [1.82, 2.24) is 4.90 Å². The molecule has 0 saturated carbocycles. The molecule has 0 aromatic heterocycles. The van der Waals surface area contributed by atoms with Gasteiger partial charge in [-0.05, 0) is 37.5 Å². The SMILES string of the molecule is CC(=O)Nc1ccc(C)c(NC(=O)C2CCN(C(=O)C(C)(C)C)CC2)c1. The standard InChI is InChI=1S/C20H29N3O3/c1-13-6-7-16(21-14(2)24)12-17(13)22-18(25)15-8-10-23(11-9-15)19(26)20(3,4)5/h6-7,12,15H,8-11H2,1-5H3,(H,21,24)(H,22,25). The predicted molar refractivity (Wildman–Crippen MR) is 103 cm³/mol. The highest BCUT2D eigenvalue weighted by Crippen LogP contribution is 2.26. The van der Waals surface area contributed by atoms with Crippen LogP contribution in [0, 0.1) is 18.3 Å². The van der Waals surface area contributed by atoms with Crippen molar-refractivity contribution in [3.05, 3.63) is 23.8 Å². The summed E-state index contributed by atoms with van der Waals surface area (Å²) in [5.74, 6) is -0.156. The van der Waals surface area contributed by atoms with Gasteiger partial charge in [0.2, 0.25) is 17.7 Å². The van der Waals surface area contributed by atoms with Gasteiger partial charge < -0.3 is 15.5 Å². The molecule has 1 aromatic carbocycles. The topological polar surface area (TPSA) is 78.5 Å². The molecule has 2 N–H and O–H groups in total. The lowest BCUT2D eigenvalue weighted by Gasteiger charge is -2.35. The Labute approximate surface area is 155 Å². The second-order valence-corrected chi connectivity index (χ2v) is 8.02. The molecule has 1 aliphatic heterocycles. The number of anilines is 2. The van der Waals surface area contributed by atoms with Crippen LogP contribution in [0.2, 0.25) is 0 Å². The second kappa shape index (κ2) is 7.89. The van der Waals surface area contributed by atoms with Gasteiger partial charge in [0.25, 0.3) is 0 Å². The Morgan fingerprint density at radius 1 is 1.08 bits per heavy atom. The number of amides is 3. The highest BCUT2D eigenvalue weighted by Gasteiger charge is 2.32. The summed E-state index contributed by atoms with van der Waals surface area (Å²) in [6, 6.07) is 5.45. The van der Waals surface area contributed by atoms with Gasteiger partial charge in [0.1, 0.15) is 0 Å². The van der Waals surface area contributed by atoms with Gasteiger partial charge >= 0.3 is 0 Å². The van der Waals surface area contributed by atoms with E-state index >= 15 is 0 Å². The van der Waals surface area contributed by atoms with E-state index in [-0.39, 0.29) is 23.6 Å². The minimum Gasteiger partial charge on any atom is -0.342 e. The molecule has 0 spiro atoms. The van der Waals surface area contributed by atoms with E-state index in [0.717, 1.165) is 5.56 Å². The third-order valence-electron chi connectivity index (χ3n) is 4.61. The summed E-state index contributed by atoms with van der Waals surface area (Å²) < 4.78 is 0. The van der Waals surface area contributed by atoms with Crippen molar-refractivity contribution < 1.29 is 14.4 Å². The molecule has 1 aliphatic rings. The second-order valence-electron chi connectivity index (χ2n) is 8.02. The van der Waals surface area contributed by atoms with Crippen molar-refractivity contribution in [3.8, 4) is 0 Å². The molecule has 1 heterocycles. The smallest absolute Gasteiger partial charge is 0.227 e. The fraction of sp³-hybridized carbons (Fsp3) is 0.550. The van der Waals surface area contributed by atoms with Crippen LogP contribution in [0.25, 0.3) is 0 Å². The number of benzene rings is 1. The molecule has 142 valence electrons. The van der Waals surface area contributed by atoms with E-state index in [2.05, 4.69) is 10.6 Å². The summed E-state index contributed by atoms with van der Waals surface area (Å²) >= 11 is 0. The lowest BCUT2D eigenvalue weighted by Crippen LogP contribution is -2.45. The number of nitrogens with one attached hydrogen (secondary N) is 2. The van der Waals surface area contributed by atoms with Gasteiger partial charge in [-0.1, -0.05) is 26.8 Å². The van der Waals surface area contributed by atoms with Crippen LogP contribution < -0.4 is 10.6 Å². The molecule has 0 radical (unpaired) electrons. The zero-order valence-corrected chi connectivity index (χ0v) is 16.3. The van der Waals surface area contributed by atoms with E-state index < -0.39 is 5.41 Å². The molecule has 1 fully saturated rings. The van der Waals surface area contributed by atoms with Crippen LogP contribution >= 0.6 is 0 Å². The summed E-state index contributed by atoms with van der Waals surface area (Å²) in [6.07, 6.45) is 1.33. The van der Waals surface area contributed by atoms with Crippen LogP contribution in [0.3, 0.4) is 0 Å². The molecule has 0 atom stereocenters. The fourth-order valence-electron chi connectivity index (χ4n) is 3.09. The first kappa shape index (κ1) is 19.9. The number of hydrogen-bond donors (Lipinski definition) is 2. The van der Waals surface area contributed by atoms with E-state index in [1.807, 2.05) is 44.7 Å². The minimum absolute atomic E-state index is 0.0315. The first-order chi connectivity index (χ1) is 12.1. The van der Waals surface area contributed by atoms with E-state index in [0.29, 0.717) is 37.3 Å². The van der Waals surface area contributed by atoms with Gasteiger partial charge in [0, 0.05) is 42.7 Å². The predicted octanol–water partition coefficient (Wildman–Crippen LogP) is 3.18. The maximum Gasteiger partial charge on any atom is 0.227 e. The van der Waals surface area contributed by atoms with E-state index in [1.165, 1.54) is 6.92 Å². The van der Waals surface area contributed by atoms with Crippen molar-refractivity contribution in [2.45, 2.75) is 47.5 Å². The first-order valence-electron chi connectivity index (χ1n) is 9.06. The number of hydrogen-bond acceptors (Lipinski definition) is 3. The lowest BCUT2D eigenvalue weighted by molar-refractivity contribution is -0.142. The monoisotopic (exact) mass is 359 g/mol. The van der Waals surface area contributed by atoms with Crippen LogP contribution in [0.1, 0.15) is 46.1 Å². The summed E-state index contributed by atoms with van der Waals surface area (Å²) in [5.41, 5.74) is 1.90. The highest BCUT2D eigenvalue weighted by atomic mass is 16.2. The molecular formula is C20H29N3O3. The van der Waals surface area contributed by atoms with Gasteiger partial charge in [0.15, 0.2) is 0 Å². The molecule has 0 bridgehead atoms. The van der Waals surface area contributed by atoms with Gasteiger partial charge in [-0.25, -0.2) is 0 Å². The summed E-state index contributed by atoms with van der Waals surface area (Å²) in [4.78, 5) is 38.0. The number of carbonyl (C=O) groups excluding carboxylic acids is 3. The zero-order chi connectivity index (χ0) is 19.5. The van der Waals surface area contributed by atoms with E-state index in [4.69, 9.17) is 0 Å². The molecule has 6 nitrogen and oxygen atoms in total. The van der Waals surface area contributed by atoms with Crippen LogP contribution in [0.4, 0.5) is 11.4 Å². The minimum atomic E-state index is -0.393. The maximum atomic E-state index is 12.6. The average Bonchev–Trinajstić information content (AvgIpc) is 2.56. The van der Waals surface area contributed by atoms with Crippen LogP contribution in [-0.4, -0.2) is 35.7 Å². The van der Waals surface area contributed by atoms with Crippen LogP contribution in [0.15, 0.2) is 18.2 Å². The number of carbonyl (C=O) groups is 3. The quantitative estimate of drug-likeness (QED) is 0.870. The summed E-state index contributed by atoms with van der Waals surface area (Å²) in [7, 11) is 0. The van der Waals surface area contributed by atoms with Crippen molar-refractivity contribution in [1.29, 1.82) is 0 Å². The third-order valence-corrected chi connectivity index (χ3v) is 4.61. The van der Waals surface area contributed by atoms with Gasteiger partial charge in [-0.15, -0.1) is 0 Å². The van der Waals surface area contributed by atoms with Crippen molar-refractivity contribution in [2.24, 2.45) is 11.3 Å². The number of likely N-dealkylation sites (tertiary alicyclic amines) is 1. The average molecular weight is 359 g/mol. The normalized spacial score (nSPS) is 15.5. The van der Waals surface area contributed by atoms with E-state index in [9.17, 15) is 14.4 Å². The molecule has 0 aliphatic carbocycles. The highest BCUT2D eigenvalue weighted by molar-refractivity contribution is 5.95. The Morgan fingerprint density at radius 2 is 1.69 bits per heavy atom. The summed E-state index contributed by atoms with van der Waals surface area (Å²) in [6.45, 7) is 10.3. The van der Waals surface area contributed by atoms with Crippen LogP contribution in [0.5, 0.6) is 0 Å². The molecule has 1 aromatic rings. The molecule has 1 saturated heterocycles.